The first-order valence-corrected chi connectivity index (χ1v) is 10.5. The van der Waals surface area contributed by atoms with Crippen molar-refractivity contribution >= 4 is 32.6 Å². The molecule has 4 nitrogen and oxygen atoms in total. The minimum atomic E-state index is -0.248. The number of benzene rings is 3. The van der Waals surface area contributed by atoms with E-state index in [1.807, 2.05) is 91.0 Å². The molecule has 0 unspecified atom stereocenters. The Labute approximate surface area is 168 Å². The molecule has 0 spiro atoms. The summed E-state index contributed by atoms with van der Waals surface area (Å²) in [6.07, 6.45) is 4.03. The molecule has 0 aliphatic heterocycles. The third kappa shape index (κ3) is 4.34. The van der Waals surface area contributed by atoms with Crippen LogP contribution < -0.4 is 4.36 Å². The number of rotatable bonds is 4. The number of hydrogen-bond acceptors (Lipinski definition) is 2. The van der Waals surface area contributed by atoms with Crippen molar-refractivity contribution in [3.05, 3.63) is 111 Å². The fourth-order valence-electron chi connectivity index (χ4n) is 2.64. The molecule has 0 aliphatic rings. The van der Waals surface area contributed by atoms with Gasteiger partial charge in [0.25, 0.3) is 0 Å². The van der Waals surface area contributed by atoms with Crippen LogP contribution in [0.3, 0.4) is 0 Å². The van der Waals surface area contributed by atoms with Crippen LogP contribution in [0.1, 0.15) is 20.5 Å². The van der Waals surface area contributed by atoms with E-state index in [4.69, 9.17) is 5.10 Å². The molecule has 4 rings (SSSR count). The van der Waals surface area contributed by atoms with Crippen molar-refractivity contribution in [3.63, 3.8) is 0 Å². The van der Waals surface area contributed by atoms with E-state index in [2.05, 4.69) is 4.99 Å². The van der Waals surface area contributed by atoms with Crippen molar-refractivity contribution in [1.29, 1.82) is 0 Å². The van der Waals surface area contributed by atoms with Crippen LogP contribution in [0.15, 0.2) is 96.0 Å². The molecule has 0 saturated carbocycles. The molecule has 0 atom stereocenters. The third-order valence-corrected chi connectivity index (χ3v) is 5.85. The van der Waals surface area contributed by atoms with Gasteiger partial charge in [0.05, 0.1) is 0 Å². The van der Waals surface area contributed by atoms with Gasteiger partial charge >= 0.3 is 169 Å². The van der Waals surface area contributed by atoms with Gasteiger partial charge in [-0.1, -0.05) is 0 Å². The number of carbonyl (C=O) groups is 1. The van der Waals surface area contributed by atoms with E-state index in [9.17, 15) is 4.79 Å². The monoisotopic (exact) mass is 431 g/mol. The Bertz CT molecular complexity index is 1160. The maximum absolute atomic E-state index is 12.6. The molecule has 5 heteroatoms. The van der Waals surface area contributed by atoms with E-state index in [1.54, 1.807) is 16.8 Å². The predicted octanol–water partition coefficient (Wildman–Crippen LogP) is 3.84. The van der Waals surface area contributed by atoms with Crippen LogP contribution in [0.25, 0.3) is 17.8 Å². The molecule has 4 aromatic rings. The Morgan fingerprint density at radius 1 is 0.821 bits per heavy atom. The van der Waals surface area contributed by atoms with Gasteiger partial charge < -0.3 is 0 Å². The summed E-state index contributed by atoms with van der Waals surface area (Å²) in [4.78, 5) is 17.0. The normalized spacial score (nSPS) is 11.8. The van der Waals surface area contributed by atoms with Crippen LogP contribution >= 0.6 is 0 Å². The Hall–Kier alpha value is -3.27. The summed E-state index contributed by atoms with van der Waals surface area (Å²) < 4.78 is 3.37. The summed E-state index contributed by atoms with van der Waals surface area (Å²) in [5.74, 6) is -0.248. The molecule has 1 amide bonds. The maximum atomic E-state index is 12.6. The number of carbonyl (C=O) groups excluding carboxylic acids is 1. The van der Waals surface area contributed by atoms with Crippen molar-refractivity contribution in [2.24, 2.45) is 4.99 Å². The van der Waals surface area contributed by atoms with Gasteiger partial charge in [-0.2, -0.15) is 0 Å². The van der Waals surface area contributed by atoms with Crippen LogP contribution in [-0.2, 0) is 0 Å². The van der Waals surface area contributed by atoms with Crippen molar-refractivity contribution < 1.29 is 4.79 Å². The zero-order chi connectivity index (χ0) is 19.2. The number of para-hydroxylation sites is 1. The van der Waals surface area contributed by atoms with Crippen molar-refractivity contribution in [2.75, 3.05) is 0 Å². The molecular formula is C23H17N3OSe. The van der Waals surface area contributed by atoms with Crippen molar-refractivity contribution in [2.45, 2.75) is 0 Å². The van der Waals surface area contributed by atoms with Gasteiger partial charge in [-0.15, -0.1) is 0 Å². The van der Waals surface area contributed by atoms with Crippen LogP contribution in [-0.4, -0.2) is 30.2 Å². The van der Waals surface area contributed by atoms with Gasteiger partial charge in [-0.05, 0) is 0 Å². The van der Waals surface area contributed by atoms with E-state index >= 15 is 0 Å². The van der Waals surface area contributed by atoms with E-state index < -0.39 is 0 Å². The quantitative estimate of drug-likeness (QED) is 0.462. The van der Waals surface area contributed by atoms with Gasteiger partial charge in [0.1, 0.15) is 0 Å². The number of nitrogens with zero attached hydrogens (tertiary/aromatic N) is 3. The molecule has 0 N–H and O–H groups in total. The van der Waals surface area contributed by atoms with E-state index in [0.717, 1.165) is 15.8 Å². The molecule has 0 saturated heterocycles. The molecule has 1 heterocycles. The van der Waals surface area contributed by atoms with Gasteiger partial charge in [0.2, 0.25) is 0 Å². The first kappa shape index (κ1) is 18.1. The second-order valence-corrected chi connectivity index (χ2v) is 8.07. The number of amides is 1. The molecule has 0 radical (unpaired) electrons. The van der Waals surface area contributed by atoms with Gasteiger partial charge in [0, 0.05) is 0 Å². The molecule has 1 aromatic heterocycles. The molecular weight excluding hydrogens is 413 g/mol. The van der Waals surface area contributed by atoms with Crippen LogP contribution in [0.5, 0.6) is 0 Å². The molecule has 0 aliphatic carbocycles. The molecule has 28 heavy (non-hydrogen) atoms. The van der Waals surface area contributed by atoms with Gasteiger partial charge in [-0.3, -0.25) is 0 Å². The number of hydrogen-bond donors (Lipinski definition) is 0. The third-order valence-electron chi connectivity index (χ3n) is 4.01. The first-order valence-electron chi connectivity index (χ1n) is 8.82. The zero-order valence-electron chi connectivity index (χ0n) is 15.0. The Balaban J connectivity index is 1.76. The predicted molar refractivity (Wildman–Crippen MR) is 112 cm³/mol. The van der Waals surface area contributed by atoms with Crippen LogP contribution in [0.2, 0.25) is 0 Å². The SMILES string of the molecule is O=C(N=c1[se]c(/C=C/c2ccccc2)nn1-c1ccccc1)c1ccccc1. The van der Waals surface area contributed by atoms with E-state index in [1.165, 1.54) is 0 Å². The van der Waals surface area contributed by atoms with Crippen molar-refractivity contribution in [3.8, 4) is 5.69 Å². The molecule has 0 fully saturated rings. The minimum absolute atomic E-state index is 0.161. The summed E-state index contributed by atoms with van der Waals surface area (Å²) in [6.45, 7) is 0. The molecule has 0 bridgehead atoms. The number of aromatic nitrogens is 2. The zero-order valence-corrected chi connectivity index (χ0v) is 16.7. The fraction of sp³-hybridized carbons (Fsp3) is 0. The summed E-state index contributed by atoms with van der Waals surface area (Å²) >= 11 is -0.161. The second kappa shape index (κ2) is 8.61. The summed E-state index contributed by atoms with van der Waals surface area (Å²) in [7, 11) is 0. The Morgan fingerprint density at radius 2 is 1.43 bits per heavy atom. The van der Waals surface area contributed by atoms with Gasteiger partial charge in [-0.25, -0.2) is 0 Å². The summed E-state index contributed by atoms with van der Waals surface area (Å²) in [6, 6.07) is 29.0. The summed E-state index contributed by atoms with van der Waals surface area (Å²) in [5, 5.41) is 4.71. The standard InChI is InChI=1S/C23H17N3OSe/c27-22(19-12-6-2-7-13-19)24-23-26(20-14-8-3-9-15-20)25-21(28-23)17-16-18-10-4-1-5-11-18/h1-17H/b17-16+,24-23?. The molecule has 136 valence electrons. The van der Waals surface area contributed by atoms with Crippen LogP contribution in [0, 0.1) is 0 Å². The summed E-state index contributed by atoms with van der Waals surface area (Å²) in [5.41, 5.74) is 2.58. The van der Waals surface area contributed by atoms with E-state index in [-0.39, 0.29) is 20.4 Å². The van der Waals surface area contributed by atoms with E-state index in [0.29, 0.717) is 9.93 Å². The molecule has 3 aromatic carbocycles. The Morgan fingerprint density at radius 3 is 2.11 bits per heavy atom. The van der Waals surface area contributed by atoms with Crippen LogP contribution in [0.4, 0.5) is 0 Å². The average Bonchev–Trinajstić information content (AvgIpc) is 3.17. The second-order valence-electron chi connectivity index (χ2n) is 6.00. The Kier molecular flexibility index (Phi) is 5.57. The first-order chi connectivity index (χ1) is 13.8. The topological polar surface area (TPSA) is 47.2 Å². The van der Waals surface area contributed by atoms with Crippen molar-refractivity contribution in [1.82, 2.24) is 9.78 Å². The fourth-order valence-corrected chi connectivity index (χ4v) is 4.33. The van der Waals surface area contributed by atoms with Gasteiger partial charge in [0.15, 0.2) is 0 Å². The average molecular weight is 430 g/mol.